The highest BCUT2D eigenvalue weighted by molar-refractivity contribution is 5.83. The summed E-state index contributed by atoms with van der Waals surface area (Å²) in [6.45, 7) is 7.53. The topological polar surface area (TPSA) is 50.8 Å². The SMILES string of the molecule is COc1ccc(F)cc1-c1cccc(CC2(C(=O)NCCCN3[C@H](C)CCC[C@H]3C)CCOCC2)c1. The Kier molecular flexibility index (Phi) is 9.02. The summed E-state index contributed by atoms with van der Waals surface area (Å²) >= 11 is 0. The first kappa shape index (κ1) is 26.6. The quantitative estimate of drug-likeness (QED) is 0.459. The lowest BCUT2D eigenvalue weighted by molar-refractivity contribution is -0.136. The minimum absolute atomic E-state index is 0.124. The van der Waals surface area contributed by atoms with E-state index in [0.29, 0.717) is 62.4 Å². The van der Waals surface area contributed by atoms with E-state index in [1.54, 1.807) is 13.2 Å². The molecule has 2 heterocycles. The van der Waals surface area contributed by atoms with E-state index < -0.39 is 5.41 Å². The molecular formula is C30H41FN2O3. The molecule has 2 atom stereocenters. The van der Waals surface area contributed by atoms with Gasteiger partial charge in [-0.25, -0.2) is 4.39 Å². The first-order valence-electron chi connectivity index (χ1n) is 13.5. The molecule has 0 bridgehead atoms. The number of rotatable bonds is 9. The molecule has 0 unspecified atom stereocenters. The average Bonchev–Trinajstić information content (AvgIpc) is 2.88. The summed E-state index contributed by atoms with van der Waals surface area (Å²) < 4.78 is 25.1. The summed E-state index contributed by atoms with van der Waals surface area (Å²) in [6.07, 6.45) is 6.84. The van der Waals surface area contributed by atoms with Gasteiger partial charge in [-0.15, -0.1) is 0 Å². The van der Waals surface area contributed by atoms with Crippen LogP contribution in [0, 0.1) is 11.2 Å². The van der Waals surface area contributed by atoms with Gasteiger partial charge in [0.15, 0.2) is 0 Å². The van der Waals surface area contributed by atoms with Crippen molar-refractivity contribution >= 4 is 5.91 Å². The van der Waals surface area contributed by atoms with Crippen LogP contribution in [0.2, 0.25) is 0 Å². The lowest BCUT2D eigenvalue weighted by Crippen LogP contribution is -2.47. The van der Waals surface area contributed by atoms with E-state index in [1.165, 1.54) is 31.4 Å². The fourth-order valence-corrected chi connectivity index (χ4v) is 5.96. The second-order valence-corrected chi connectivity index (χ2v) is 10.6. The Bertz CT molecular complexity index is 1010. The van der Waals surface area contributed by atoms with E-state index in [0.717, 1.165) is 24.1 Å². The lowest BCUT2D eigenvalue weighted by Gasteiger charge is -2.39. The molecule has 1 amide bonds. The number of nitrogens with one attached hydrogen (secondary N) is 1. The summed E-state index contributed by atoms with van der Waals surface area (Å²) in [5, 5.41) is 3.26. The molecule has 36 heavy (non-hydrogen) atoms. The molecule has 0 aromatic heterocycles. The summed E-state index contributed by atoms with van der Waals surface area (Å²) in [5.41, 5.74) is 2.17. The van der Waals surface area contributed by atoms with Crippen molar-refractivity contribution in [1.82, 2.24) is 10.2 Å². The van der Waals surface area contributed by atoms with Crippen LogP contribution in [0.15, 0.2) is 42.5 Å². The Morgan fingerprint density at radius 1 is 1.14 bits per heavy atom. The molecule has 4 rings (SSSR count). The highest BCUT2D eigenvalue weighted by Gasteiger charge is 2.40. The van der Waals surface area contributed by atoms with Gasteiger partial charge in [-0.3, -0.25) is 9.69 Å². The Balaban J connectivity index is 1.43. The predicted octanol–water partition coefficient (Wildman–Crippen LogP) is 5.61. The normalized spacial score (nSPS) is 22.2. The fourth-order valence-electron chi connectivity index (χ4n) is 5.96. The molecule has 1 N–H and O–H groups in total. The highest BCUT2D eigenvalue weighted by Crippen LogP contribution is 2.37. The zero-order valence-corrected chi connectivity index (χ0v) is 22.0. The van der Waals surface area contributed by atoms with Crippen molar-refractivity contribution in [2.45, 2.75) is 70.9 Å². The van der Waals surface area contributed by atoms with Crippen LogP contribution in [0.3, 0.4) is 0 Å². The van der Waals surface area contributed by atoms with Gasteiger partial charge in [0.1, 0.15) is 11.6 Å². The van der Waals surface area contributed by atoms with E-state index in [1.807, 2.05) is 12.1 Å². The molecule has 196 valence electrons. The Morgan fingerprint density at radius 3 is 2.61 bits per heavy atom. The number of nitrogens with zero attached hydrogens (tertiary/aromatic N) is 1. The second-order valence-electron chi connectivity index (χ2n) is 10.6. The zero-order valence-electron chi connectivity index (χ0n) is 22.0. The Hall–Kier alpha value is -2.44. The molecule has 0 aliphatic carbocycles. The molecule has 5 nitrogen and oxygen atoms in total. The predicted molar refractivity (Wildman–Crippen MR) is 142 cm³/mol. The molecule has 0 saturated carbocycles. The number of methoxy groups -OCH3 is 1. The van der Waals surface area contributed by atoms with Gasteiger partial charge in [-0.2, -0.15) is 0 Å². The van der Waals surface area contributed by atoms with E-state index in [9.17, 15) is 9.18 Å². The van der Waals surface area contributed by atoms with Crippen LogP contribution in [0.4, 0.5) is 4.39 Å². The van der Waals surface area contributed by atoms with E-state index >= 15 is 0 Å². The summed E-state index contributed by atoms with van der Waals surface area (Å²) in [7, 11) is 1.59. The van der Waals surface area contributed by atoms with Gasteiger partial charge < -0.3 is 14.8 Å². The molecular weight excluding hydrogens is 455 g/mol. The summed E-state index contributed by atoms with van der Waals surface area (Å²) in [5.74, 6) is 0.452. The molecule has 0 radical (unpaired) electrons. The third-order valence-electron chi connectivity index (χ3n) is 8.13. The van der Waals surface area contributed by atoms with Crippen molar-refractivity contribution in [2.75, 3.05) is 33.4 Å². The number of hydrogen-bond acceptors (Lipinski definition) is 4. The number of carbonyl (C=O) groups excluding carboxylic acids is 1. The van der Waals surface area contributed by atoms with Gasteiger partial charge in [-0.1, -0.05) is 30.7 Å². The standard InChI is InChI=1S/C30H41FN2O3/c1-22-7-4-8-23(2)33(22)16-6-15-32-29(34)30(13-17-36-18-14-30)21-24-9-5-10-25(19-24)27-20-26(31)11-12-28(27)35-3/h5,9-12,19-20,22-23H,4,6-8,13-18,21H2,1-3H3,(H,32,34)/t22-,23-/m1/s1. The van der Waals surface area contributed by atoms with Crippen molar-refractivity contribution in [3.8, 4) is 16.9 Å². The fraction of sp³-hybridized carbons (Fsp3) is 0.567. The molecule has 2 aliphatic rings. The lowest BCUT2D eigenvalue weighted by atomic mass is 9.74. The number of hydrogen-bond donors (Lipinski definition) is 1. The van der Waals surface area contributed by atoms with Crippen LogP contribution in [-0.4, -0.2) is 56.3 Å². The minimum atomic E-state index is -0.491. The van der Waals surface area contributed by atoms with Crippen molar-refractivity contribution in [2.24, 2.45) is 5.41 Å². The molecule has 2 aromatic carbocycles. The van der Waals surface area contributed by atoms with Gasteiger partial charge in [0.05, 0.1) is 12.5 Å². The number of amides is 1. The second kappa shape index (κ2) is 12.2. The van der Waals surface area contributed by atoms with Crippen LogP contribution in [-0.2, 0) is 16.0 Å². The van der Waals surface area contributed by atoms with Gasteiger partial charge in [-0.05, 0) is 81.7 Å². The van der Waals surface area contributed by atoms with Gasteiger partial charge in [0, 0.05) is 44.0 Å². The van der Waals surface area contributed by atoms with Crippen molar-refractivity contribution in [3.05, 3.63) is 53.8 Å². The van der Waals surface area contributed by atoms with Crippen LogP contribution >= 0.6 is 0 Å². The first-order chi connectivity index (χ1) is 17.4. The molecule has 6 heteroatoms. The molecule has 2 aliphatic heterocycles. The smallest absolute Gasteiger partial charge is 0.226 e. The van der Waals surface area contributed by atoms with E-state index in [-0.39, 0.29) is 11.7 Å². The van der Waals surface area contributed by atoms with Crippen LogP contribution in [0.1, 0.15) is 57.9 Å². The third kappa shape index (κ3) is 6.27. The van der Waals surface area contributed by atoms with Gasteiger partial charge >= 0.3 is 0 Å². The number of piperidine rings is 1. The number of benzene rings is 2. The van der Waals surface area contributed by atoms with Gasteiger partial charge in [0.2, 0.25) is 5.91 Å². The highest BCUT2D eigenvalue weighted by atomic mass is 19.1. The Labute approximate surface area is 215 Å². The maximum absolute atomic E-state index is 14.0. The monoisotopic (exact) mass is 496 g/mol. The van der Waals surface area contributed by atoms with E-state index in [4.69, 9.17) is 9.47 Å². The maximum Gasteiger partial charge on any atom is 0.226 e. The van der Waals surface area contributed by atoms with E-state index in [2.05, 4.69) is 36.2 Å². The van der Waals surface area contributed by atoms with Crippen molar-refractivity contribution in [3.63, 3.8) is 0 Å². The van der Waals surface area contributed by atoms with Gasteiger partial charge in [0.25, 0.3) is 0 Å². The van der Waals surface area contributed by atoms with Crippen molar-refractivity contribution in [1.29, 1.82) is 0 Å². The van der Waals surface area contributed by atoms with Crippen LogP contribution in [0.5, 0.6) is 5.75 Å². The molecule has 2 fully saturated rings. The van der Waals surface area contributed by atoms with Crippen LogP contribution < -0.4 is 10.1 Å². The minimum Gasteiger partial charge on any atom is -0.496 e. The third-order valence-corrected chi connectivity index (χ3v) is 8.13. The number of halogens is 1. The zero-order chi connectivity index (χ0) is 25.5. The number of ether oxygens (including phenoxy) is 2. The number of likely N-dealkylation sites (tertiary alicyclic amines) is 1. The summed E-state index contributed by atoms with van der Waals surface area (Å²) in [6, 6.07) is 13.8. The first-order valence-corrected chi connectivity index (χ1v) is 13.5. The molecule has 0 spiro atoms. The van der Waals surface area contributed by atoms with Crippen LogP contribution in [0.25, 0.3) is 11.1 Å². The largest absolute Gasteiger partial charge is 0.496 e. The number of carbonyl (C=O) groups is 1. The summed E-state index contributed by atoms with van der Waals surface area (Å²) in [4.78, 5) is 16.1. The Morgan fingerprint density at radius 2 is 1.89 bits per heavy atom. The molecule has 2 saturated heterocycles. The molecule has 2 aromatic rings. The maximum atomic E-state index is 14.0. The average molecular weight is 497 g/mol. The van der Waals surface area contributed by atoms with Crippen molar-refractivity contribution < 1.29 is 18.7 Å².